The van der Waals surface area contributed by atoms with Crippen LogP contribution in [-0.4, -0.2) is 50.7 Å². The van der Waals surface area contributed by atoms with Crippen molar-refractivity contribution < 1.29 is 13.2 Å². The fourth-order valence-electron chi connectivity index (χ4n) is 3.63. The number of carbonyl (C=O) groups is 1. The molecule has 0 spiro atoms. The summed E-state index contributed by atoms with van der Waals surface area (Å²) in [5, 5.41) is 2.94. The quantitative estimate of drug-likeness (QED) is 0.495. The van der Waals surface area contributed by atoms with Crippen LogP contribution < -0.4 is 5.32 Å². The molecule has 0 bridgehead atoms. The monoisotopic (exact) mass is 479 g/mol. The van der Waals surface area contributed by atoms with E-state index in [1.807, 2.05) is 38.4 Å². The lowest BCUT2D eigenvalue weighted by Crippen LogP contribution is -2.33. The molecule has 3 aromatic rings. The van der Waals surface area contributed by atoms with E-state index in [0.717, 1.165) is 23.2 Å². The van der Waals surface area contributed by atoms with Gasteiger partial charge in [0.15, 0.2) is 0 Å². The standard InChI is InChI=1S/C27H33N3O3S/c1-20(2)30(5)34(32,33)25-11-8-10-23(17-25)27(31)28-18-24-9-6-7-12-26(24)22-15-13-21(14-16-22)19-29(3)4/h6-17,20H,18-19H2,1-5H3,(H,28,31). The highest BCUT2D eigenvalue weighted by Crippen LogP contribution is 2.25. The number of nitrogens with one attached hydrogen (secondary N) is 1. The van der Waals surface area contributed by atoms with Crippen molar-refractivity contribution >= 4 is 15.9 Å². The minimum atomic E-state index is -3.67. The van der Waals surface area contributed by atoms with Crippen molar-refractivity contribution in [2.24, 2.45) is 0 Å². The van der Waals surface area contributed by atoms with Gasteiger partial charge in [0.2, 0.25) is 10.0 Å². The first-order valence-corrected chi connectivity index (χ1v) is 12.7. The lowest BCUT2D eigenvalue weighted by Gasteiger charge is -2.21. The molecule has 0 heterocycles. The highest BCUT2D eigenvalue weighted by Gasteiger charge is 2.24. The van der Waals surface area contributed by atoms with Gasteiger partial charge in [-0.3, -0.25) is 4.79 Å². The Bertz CT molecular complexity index is 1240. The van der Waals surface area contributed by atoms with Gasteiger partial charge in [0.25, 0.3) is 5.91 Å². The number of carbonyl (C=O) groups excluding carboxylic acids is 1. The Morgan fingerprint density at radius 1 is 0.912 bits per heavy atom. The number of nitrogens with zero attached hydrogens (tertiary/aromatic N) is 2. The smallest absolute Gasteiger partial charge is 0.251 e. The Morgan fingerprint density at radius 2 is 1.59 bits per heavy atom. The van der Waals surface area contributed by atoms with Crippen molar-refractivity contribution in [2.45, 2.75) is 37.9 Å². The second-order valence-electron chi connectivity index (χ2n) is 8.92. The van der Waals surface area contributed by atoms with E-state index in [9.17, 15) is 13.2 Å². The SMILES string of the molecule is CC(C)N(C)S(=O)(=O)c1cccc(C(=O)NCc2ccccc2-c2ccc(CN(C)C)cc2)c1. The minimum Gasteiger partial charge on any atom is -0.348 e. The lowest BCUT2D eigenvalue weighted by molar-refractivity contribution is 0.0950. The van der Waals surface area contributed by atoms with Gasteiger partial charge in [0.1, 0.15) is 0 Å². The summed E-state index contributed by atoms with van der Waals surface area (Å²) in [7, 11) is 1.96. The number of sulfonamides is 1. The molecule has 0 fully saturated rings. The van der Waals surface area contributed by atoms with Crippen molar-refractivity contribution in [3.8, 4) is 11.1 Å². The first kappa shape index (κ1) is 25.6. The largest absolute Gasteiger partial charge is 0.348 e. The highest BCUT2D eigenvalue weighted by molar-refractivity contribution is 7.89. The van der Waals surface area contributed by atoms with Crippen molar-refractivity contribution in [1.29, 1.82) is 0 Å². The van der Waals surface area contributed by atoms with Crippen LogP contribution in [0.3, 0.4) is 0 Å². The van der Waals surface area contributed by atoms with E-state index in [2.05, 4.69) is 34.5 Å². The molecule has 3 rings (SSSR count). The minimum absolute atomic E-state index is 0.106. The van der Waals surface area contributed by atoms with Crippen LogP contribution in [0.25, 0.3) is 11.1 Å². The lowest BCUT2D eigenvalue weighted by atomic mass is 9.98. The third kappa shape index (κ3) is 6.11. The molecular formula is C27H33N3O3S. The Balaban J connectivity index is 1.77. The predicted octanol–water partition coefficient (Wildman–Crippen LogP) is 4.37. The van der Waals surface area contributed by atoms with E-state index in [-0.39, 0.29) is 16.8 Å². The second kappa shape index (κ2) is 11.0. The van der Waals surface area contributed by atoms with Crippen molar-refractivity contribution in [3.63, 3.8) is 0 Å². The summed E-state index contributed by atoms with van der Waals surface area (Å²) in [6.07, 6.45) is 0. The van der Waals surface area contributed by atoms with Crippen LogP contribution in [0.5, 0.6) is 0 Å². The molecule has 0 atom stereocenters. The topological polar surface area (TPSA) is 69.7 Å². The van der Waals surface area contributed by atoms with Crippen LogP contribution in [-0.2, 0) is 23.1 Å². The molecule has 6 nitrogen and oxygen atoms in total. The van der Waals surface area contributed by atoms with Crippen LogP contribution in [0.4, 0.5) is 0 Å². The van der Waals surface area contributed by atoms with E-state index in [4.69, 9.17) is 0 Å². The highest BCUT2D eigenvalue weighted by atomic mass is 32.2. The zero-order valence-electron chi connectivity index (χ0n) is 20.4. The summed E-state index contributed by atoms with van der Waals surface area (Å²) in [4.78, 5) is 15.1. The zero-order valence-corrected chi connectivity index (χ0v) is 21.3. The van der Waals surface area contributed by atoms with E-state index in [1.165, 1.54) is 29.0 Å². The summed E-state index contributed by atoms with van der Waals surface area (Å²) in [6, 6.07) is 22.4. The van der Waals surface area contributed by atoms with Gasteiger partial charge in [-0.2, -0.15) is 4.31 Å². The Kier molecular flexibility index (Phi) is 8.25. The molecule has 0 radical (unpaired) electrons. The molecule has 0 aliphatic rings. The number of rotatable bonds is 9. The van der Waals surface area contributed by atoms with Gasteiger partial charge in [-0.05, 0) is 68.4 Å². The van der Waals surface area contributed by atoms with Crippen molar-refractivity contribution in [2.75, 3.05) is 21.1 Å². The van der Waals surface area contributed by atoms with Crippen LogP contribution in [0.1, 0.15) is 35.3 Å². The van der Waals surface area contributed by atoms with Gasteiger partial charge in [0.05, 0.1) is 4.90 Å². The van der Waals surface area contributed by atoms with Gasteiger partial charge < -0.3 is 10.2 Å². The summed E-state index contributed by atoms with van der Waals surface area (Å²) < 4.78 is 26.9. The summed E-state index contributed by atoms with van der Waals surface area (Å²) in [6.45, 7) is 4.82. The average molecular weight is 480 g/mol. The Morgan fingerprint density at radius 3 is 2.24 bits per heavy atom. The van der Waals surface area contributed by atoms with Crippen molar-refractivity contribution in [1.82, 2.24) is 14.5 Å². The molecule has 0 saturated heterocycles. The van der Waals surface area contributed by atoms with Crippen molar-refractivity contribution in [3.05, 3.63) is 89.5 Å². The molecule has 34 heavy (non-hydrogen) atoms. The van der Waals surface area contributed by atoms with E-state index in [1.54, 1.807) is 26.0 Å². The van der Waals surface area contributed by atoms with E-state index >= 15 is 0 Å². The molecule has 0 aromatic heterocycles. The Hall–Kier alpha value is -3.00. The number of benzene rings is 3. The van der Waals surface area contributed by atoms with Crippen LogP contribution in [0, 0.1) is 0 Å². The normalized spacial score (nSPS) is 11.9. The van der Waals surface area contributed by atoms with Crippen LogP contribution >= 0.6 is 0 Å². The fraction of sp³-hybridized carbons (Fsp3) is 0.296. The maximum atomic E-state index is 12.9. The first-order chi connectivity index (χ1) is 16.1. The number of hydrogen-bond donors (Lipinski definition) is 1. The van der Waals surface area contributed by atoms with Gasteiger partial charge in [-0.1, -0.05) is 54.6 Å². The molecule has 1 N–H and O–H groups in total. The third-order valence-corrected chi connectivity index (χ3v) is 7.75. The fourth-order valence-corrected chi connectivity index (χ4v) is 5.04. The molecule has 0 saturated carbocycles. The van der Waals surface area contributed by atoms with Gasteiger partial charge in [-0.25, -0.2) is 8.42 Å². The first-order valence-electron chi connectivity index (χ1n) is 11.3. The summed E-state index contributed by atoms with van der Waals surface area (Å²) in [5.41, 5.74) is 4.66. The molecule has 0 unspecified atom stereocenters. The summed E-state index contributed by atoms with van der Waals surface area (Å²) in [5.74, 6) is -0.319. The molecule has 3 aromatic carbocycles. The molecule has 0 aliphatic carbocycles. The number of amides is 1. The molecule has 0 aliphatic heterocycles. The molecular weight excluding hydrogens is 446 g/mol. The van der Waals surface area contributed by atoms with Crippen LogP contribution in [0.2, 0.25) is 0 Å². The zero-order chi connectivity index (χ0) is 24.9. The maximum Gasteiger partial charge on any atom is 0.251 e. The average Bonchev–Trinajstić information content (AvgIpc) is 2.82. The van der Waals surface area contributed by atoms with Gasteiger partial charge in [-0.15, -0.1) is 0 Å². The predicted molar refractivity (Wildman–Crippen MR) is 137 cm³/mol. The second-order valence-corrected chi connectivity index (χ2v) is 10.9. The number of hydrogen-bond acceptors (Lipinski definition) is 4. The Labute approximate surface area is 203 Å². The van der Waals surface area contributed by atoms with Crippen LogP contribution in [0.15, 0.2) is 77.7 Å². The summed E-state index contributed by atoms with van der Waals surface area (Å²) >= 11 is 0. The molecule has 180 valence electrons. The van der Waals surface area contributed by atoms with Gasteiger partial charge >= 0.3 is 0 Å². The molecule has 1 amide bonds. The molecule has 7 heteroatoms. The van der Waals surface area contributed by atoms with Gasteiger partial charge in [0, 0.05) is 31.7 Å². The van der Waals surface area contributed by atoms with E-state index < -0.39 is 10.0 Å². The maximum absolute atomic E-state index is 12.9. The van der Waals surface area contributed by atoms with E-state index in [0.29, 0.717) is 12.1 Å². The third-order valence-electron chi connectivity index (χ3n) is 5.72.